The van der Waals surface area contributed by atoms with Crippen molar-refractivity contribution in [2.45, 2.75) is 32.6 Å². The minimum absolute atomic E-state index is 0.0349. The van der Waals surface area contributed by atoms with Crippen molar-refractivity contribution < 1.29 is 19.1 Å². The Balaban J connectivity index is 2.48. The van der Waals surface area contributed by atoms with Crippen molar-refractivity contribution in [2.75, 3.05) is 7.11 Å². The van der Waals surface area contributed by atoms with Gasteiger partial charge in [-0.1, -0.05) is 25.8 Å². The van der Waals surface area contributed by atoms with Gasteiger partial charge in [0.25, 0.3) is 5.91 Å². The zero-order valence-electron chi connectivity index (χ0n) is 13.7. The number of hydrogen-bond acceptors (Lipinski definition) is 5. The molecular weight excluding hydrogens is 330 g/mol. The first-order valence-corrected chi connectivity index (χ1v) is 7.97. The molecule has 0 heterocycles. The normalized spacial score (nSPS) is 9.75. The van der Waals surface area contributed by atoms with Gasteiger partial charge in [0.15, 0.2) is 5.11 Å². The smallest absolute Gasteiger partial charge is 0.337 e. The first kappa shape index (κ1) is 19.6. The third-order valence-corrected chi connectivity index (χ3v) is 3.30. The van der Waals surface area contributed by atoms with Gasteiger partial charge in [-0.2, -0.15) is 0 Å². The van der Waals surface area contributed by atoms with Crippen LogP contribution in [0.5, 0.6) is 0 Å². The van der Waals surface area contributed by atoms with E-state index in [0.717, 1.165) is 19.3 Å². The molecule has 0 saturated heterocycles. The number of carbonyl (C=O) groups is 3. The Morgan fingerprint density at radius 2 is 1.83 bits per heavy atom. The molecule has 3 N–H and O–H groups in total. The van der Waals surface area contributed by atoms with Crippen molar-refractivity contribution in [3.05, 3.63) is 35.4 Å². The topological polar surface area (TPSA) is 96.5 Å². The summed E-state index contributed by atoms with van der Waals surface area (Å²) in [5, 5.41) is 2.38. The molecule has 130 valence electrons. The number of amides is 2. The maximum absolute atomic E-state index is 12.1. The molecule has 0 atom stereocenters. The standard InChI is InChI=1S/C16H21N3O4S/c1-3-4-5-9-13(20)18-19-16(24)17-14(21)11-7-6-8-12(10-11)15(22)23-2/h6-8,10H,3-5,9H2,1-2H3,(H,18,20)(H2,17,19,21,24). The monoisotopic (exact) mass is 351 g/mol. The van der Waals surface area contributed by atoms with E-state index in [9.17, 15) is 14.4 Å². The van der Waals surface area contributed by atoms with Crippen molar-refractivity contribution in [1.29, 1.82) is 0 Å². The second-order valence-corrected chi connectivity index (χ2v) is 5.39. The van der Waals surface area contributed by atoms with E-state index in [0.29, 0.717) is 6.42 Å². The predicted octanol–water partition coefficient (Wildman–Crippen LogP) is 1.69. The summed E-state index contributed by atoms with van der Waals surface area (Å²) in [6.45, 7) is 2.05. The Bertz CT molecular complexity index is 619. The van der Waals surface area contributed by atoms with Crippen LogP contribution in [0.25, 0.3) is 0 Å². The van der Waals surface area contributed by atoms with Gasteiger partial charge in [-0.3, -0.25) is 25.8 Å². The van der Waals surface area contributed by atoms with Crippen LogP contribution in [0.4, 0.5) is 0 Å². The number of rotatable bonds is 6. The largest absolute Gasteiger partial charge is 0.465 e. The number of benzene rings is 1. The first-order chi connectivity index (χ1) is 11.5. The molecule has 0 aliphatic heterocycles. The average Bonchev–Trinajstić information content (AvgIpc) is 2.59. The molecule has 0 radical (unpaired) electrons. The van der Waals surface area contributed by atoms with Crippen molar-refractivity contribution in [1.82, 2.24) is 16.2 Å². The summed E-state index contributed by atoms with van der Waals surface area (Å²) in [7, 11) is 1.26. The van der Waals surface area contributed by atoms with E-state index in [4.69, 9.17) is 12.2 Å². The van der Waals surface area contributed by atoms with Crippen molar-refractivity contribution in [2.24, 2.45) is 0 Å². The molecule has 7 nitrogen and oxygen atoms in total. The quantitative estimate of drug-likeness (QED) is 0.312. The molecular formula is C16H21N3O4S. The van der Waals surface area contributed by atoms with E-state index >= 15 is 0 Å². The molecule has 0 aliphatic rings. The van der Waals surface area contributed by atoms with Crippen LogP contribution in [0.15, 0.2) is 24.3 Å². The van der Waals surface area contributed by atoms with Gasteiger partial charge in [-0.15, -0.1) is 0 Å². The SMILES string of the molecule is CCCCCC(=O)NNC(=S)NC(=O)c1cccc(C(=O)OC)c1. The van der Waals surface area contributed by atoms with E-state index in [1.54, 1.807) is 6.07 Å². The Hall–Kier alpha value is -2.48. The molecule has 2 amide bonds. The highest BCUT2D eigenvalue weighted by Gasteiger charge is 2.12. The molecule has 1 rings (SSSR count). The fourth-order valence-corrected chi connectivity index (χ4v) is 1.98. The highest BCUT2D eigenvalue weighted by molar-refractivity contribution is 7.80. The summed E-state index contributed by atoms with van der Waals surface area (Å²) in [5.74, 6) is -1.24. The second kappa shape index (κ2) is 10.3. The van der Waals surface area contributed by atoms with Gasteiger partial charge in [-0.25, -0.2) is 4.79 Å². The van der Waals surface area contributed by atoms with Crippen molar-refractivity contribution in [3.8, 4) is 0 Å². The third-order valence-electron chi connectivity index (χ3n) is 3.10. The molecule has 0 aliphatic carbocycles. The van der Waals surface area contributed by atoms with Crippen LogP contribution >= 0.6 is 12.2 Å². The highest BCUT2D eigenvalue weighted by atomic mass is 32.1. The van der Waals surface area contributed by atoms with E-state index < -0.39 is 11.9 Å². The molecule has 0 fully saturated rings. The van der Waals surface area contributed by atoms with Gasteiger partial charge in [-0.05, 0) is 36.8 Å². The Labute approximate surface area is 146 Å². The number of ether oxygens (including phenoxy) is 1. The Morgan fingerprint density at radius 3 is 2.50 bits per heavy atom. The summed E-state index contributed by atoms with van der Waals surface area (Å²) in [6.07, 6.45) is 3.19. The second-order valence-electron chi connectivity index (χ2n) is 4.99. The number of nitrogens with one attached hydrogen (secondary N) is 3. The maximum Gasteiger partial charge on any atom is 0.337 e. The van der Waals surface area contributed by atoms with Crippen LogP contribution in [0.3, 0.4) is 0 Å². The van der Waals surface area contributed by atoms with Crippen LogP contribution in [0.1, 0.15) is 53.3 Å². The van der Waals surface area contributed by atoms with E-state index in [2.05, 4.69) is 27.8 Å². The molecule has 0 aromatic heterocycles. The number of unbranched alkanes of at least 4 members (excludes halogenated alkanes) is 2. The van der Waals surface area contributed by atoms with Gasteiger partial charge < -0.3 is 4.74 Å². The van der Waals surface area contributed by atoms with Gasteiger partial charge in [0.1, 0.15) is 0 Å². The summed E-state index contributed by atoms with van der Waals surface area (Å²) < 4.78 is 4.60. The van der Waals surface area contributed by atoms with Crippen LogP contribution in [-0.4, -0.2) is 30.0 Å². The lowest BCUT2D eigenvalue weighted by molar-refractivity contribution is -0.121. The van der Waals surface area contributed by atoms with Gasteiger partial charge in [0.05, 0.1) is 12.7 Å². The van der Waals surface area contributed by atoms with Crippen molar-refractivity contribution >= 4 is 35.1 Å². The summed E-state index contributed by atoms with van der Waals surface area (Å²) >= 11 is 4.94. The molecule has 0 spiro atoms. The van der Waals surface area contributed by atoms with Crippen LogP contribution < -0.4 is 16.2 Å². The summed E-state index contributed by atoms with van der Waals surface area (Å²) in [4.78, 5) is 35.1. The van der Waals surface area contributed by atoms with E-state index in [-0.39, 0.29) is 22.1 Å². The van der Waals surface area contributed by atoms with Crippen LogP contribution in [0.2, 0.25) is 0 Å². The molecule has 24 heavy (non-hydrogen) atoms. The Morgan fingerprint density at radius 1 is 1.12 bits per heavy atom. The van der Waals surface area contributed by atoms with Crippen LogP contribution in [0, 0.1) is 0 Å². The minimum atomic E-state index is -0.537. The highest BCUT2D eigenvalue weighted by Crippen LogP contribution is 2.06. The molecule has 8 heteroatoms. The average molecular weight is 351 g/mol. The molecule has 0 saturated carbocycles. The number of carbonyl (C=O) groups excluding carboxylic acids is 3. The van der Waals surface area contributed by atoms with Crippen molar-refractivity contribution in [3.63, 3.8) is 0 Å². The number of methoxy groups -OCH3 is 1. The minimum Gasteiger partial charge on any atom is -0.465 e. The Kier molecular flexibility index (Phi) is 8.42. The molecule has 0 bridgehead atoms. The summed E-state index contributed by atoms with van der Waals surface area (Å²) in [6, 6.07) is 6.03. The molecule has 1 aromatic rings. The lowest BCUT2D eigenvalue weighted by atomic mass is 10.1. The maximum atomic E-state index is 12.1. The van der Waals surface area contributed by atoms with Gasteiger partial charge in [0, 0.05) is 12.0 Å². The zero-order valence-corrected chi connectivity index (χ0v) is 14.5. The first-order valence-electron chi connectivity index (χ1n) is 7.56. The van der Waals surface area contributed by atoms with Crippen LogP contribution in [-0.2, 0) is 9.53 Å². The fourth-order valence-electron chi connectivity index (χ4n) is 1.84. The number of thiocarbonyl (C=S) groups is 1. The van der Waals surface area contributed by atoms with Gasteiger partial charge >= 0.3 is 5.97 Å². The van der Waals surface area contributed by atoms with Gasteiger partial charge in [0.2, 0.25) is 5.91 Å². The third kappa shape index (κ3) is 6.74. The fraction of sp³-hybridized carbons (Fsp3) is 0.375. The number of hydrazine groups is 1. The lowest BCUT2D eigenvalue weighted by Gasteiger charge is -2.11. The molecule has 0 unspecified atom stereocenters. The number of esters is 1. The zero-order chi connectivity index (χ0) is 17.9. The molecule has 1 aromatic carbocycles. The van der Waals surface area contributed by atoms with E-state index in [1.165, 1.54) is 25.3 Å². The van der Waals surface area contributed by atoms with E-state index in [1.807, 2.05) is 0 Å². The lowest BCUT2D eigenvalue weighted by Crippen LogP contribution is -2.48. The predicted molar refractivity (Wildman–Crippen MR) is 93.3 cm³/mol. The number of hydrogen-bond donors (Lipinski definition) is 3. The summed E-state index contributed by atoms with van der Waals surface area (Å²) in [5.41, 5.74) is 5.39.